The van der Waals surface area contributed by atoms with Crippen molar-refractivity contribution in [2.24, 2.45) is 0 Å². The Hall–Kier alpha value is -0.620. The van der Waals surface area contributed by atoms with E-state index in [9.17, 15) is 13.2 Å². The van der Waals surface area contributed by atoms with Crippen LogP contribution in [0.3, 0.4) is 0 Å². The molecule has 0 aliphatic rings. The summed E-state index contributed by atoms with van der Waals surface area (Å²) in [5, 5.41) is 8.36. The number of carboxylic acid groups (broad SMARTS) is 1. The number of aliphatic carboxylic acids is 1. The lowest BCUT2D eigenvalue weighted by Crippen LogP contribution is -2.27. The van der Waals surface area contributed by atoms with E-state index in [2.05, 4.69) is 0 Å². The van der Waals surface area contributed by atoms with E-state index >= 15 is 0 Å². The highest BCUT2D eigenvalue weighted by atomic mass is 32.2. The number of hydrogen-bond donors (Lipinski definition) is 1. The van der Waals surface area contributed by atoms with Gasteiger partial charge in [0.05, 0.1) is 23.5 Å². The zero-order valence-electron chi connectivity index (χ0n) is 9.32. The molecule has 5 nitrogen and oxygen atoms in total. The molecule has 15 heavy (non-hydrogen) atoms. The Morgan fingerprint density at radius 2 is 1.87 bits per heavy atom. The average molecular weight is 238 g/mol. The largest absolute Gasteiger partial charge is 0.481 e. The second kappa shape index (κ2) is 5.46. The van der Waals surface area contributed by atoms with Crippen molar-refractivity contribution < 1.29 is 23.1 Å². The maximum Gasteiger partial charge on any atom is 0.304 e. The maximum absolute atomic E-state index is 11.4. The summed E-state index contributed by atoms with van der Waals surface area (Å²) in [6, 6.07) is 0. The second-order valence-corrected chi connectivity index (χ2v) is 6.31. The molecule has 0 saturated carbocycles. The van der Waals surface area contributed by atoms with Crippen molar-refractivity contribution in [3.8, 4) is 0 Å². The molecule has 0 aromatic rings. The quantitative estimate of drug-likeness (QED) is 0.705. The van der Waals surface area contributed by atoms with Crippen LogP contribution in [0.15, 0.2) is 0 Å². The minimum absolute atomic E-state index is 0.0406. The summed E-state index contributed by atoms with van der Waals surface area (Å²) < 4.78 is 27.8. The van der Waals surface area contributed by atoms with Crippen LogP contribution in [0.4, 0.5) is 0 Å². The summed E-state index contributed by atoms with van der Waals surface area (Å²) in [4.78, 5) is 10.2. The highest BCUT2D eigenvalue weighted by Gasteiger charge is 2.21. The van der Waals surface area contributed by atoms with Crippen LogP contribution in [0.5, 0.6) is 0 Å². The van der Waals surface area contributed by atoms with Gasteiger partial charge in [0.2, 0.25) is 0 Å². The van der Waals surface area contributed by atoms with Crippen molar-refractivity contribution in [1.82, 2.24) is 0 Å². The molecule has 0 atom stereocenters. The molecule has 0 fully saturated rings. The Kier molecular flexibility index (Phi) is 5.23. The van der Waals surface area contributed by atoms with Gasteiger partial charge in [-0.25, -0.2) is 8.42 Å². The minimum Gasteiger partial charge on any atom is -0.481 e. The zero-order valence-corrected chi connectivity index (χ0v) is 10.1. The van der Waals surface area contributed by atoms with Crippen molar-refractivity contribution in [3.63, 3.8) is 0 Å². The van der Waals surface area contributed by atoms with Crippen LogP contribution in [0.25, 0.3) is 0 Å². The van der Waals surface area contributed by atoms with Gasteiger partial charge in [0.15, 0.2) is 9.84 Å². The average Bonchev–Trinajstić information content (AvgIpc) is 2.13. The first-order valence-electron chi connectivity index (χ1n) is 4.66. The van der Waals surface area contributed by atoms with Gasteiger partial charge < -0.3 is 9.84 Å². The monoisotopic (exact) mass is 238 g/mol. The molecule has 1 N–H and O–H groups in total. The van der Waals surface area contributed by atoms with E-state index < -0.39 is 21.4 Å². The zero-order chi connectivity index (χ0) is 12.1. The molecular weight excluding hydrogens is 220 g/mol. The lowest BCUT2D eigenvalue weighted by molar-refractivity contribution is -0.136. The van der Waals surface area contributed by atoms with E-state index in [0.717, 1.165) is 0 Å². The van der Waals surface area contributed by atoms with Gasteiger partial charge in [-0.2, -0.15) is 0 Å². The van der Waals surface area contributed by atoms with Crippen molar-refractivity contribution in [2.75, 3.05) is 18.6 Å². The van der Waals surface area contributed by atoms with Crippen LogP contribution in [-0.2, 0) is 19.4 Å². The smallest absolute Gasteiger partial charge is 0.304 e. The first kappa shape index (κ1) is 14.4. The van der Waals surface area contributed by atoms with E-state index in [-0.39, 0.29) is 17.9 Å². The Bertz CT molecular complexity index is 304. The van der Waals surface area contributed by atoms with Crippen LogP contribution < -0.4 is 0 Å². The fourth-order valence-corrected chi connectivity index (χ4v) is 2.34. The lowest BCUT2D eigenvalue weighted by atomic mass is 10.1. The van der Waals surface area contributed by atoms with Crippen molar-refractivity contribution >= 4 is 15.8 Å². The summed E-state index contributed by atoms with van der Waals surface area (Å²) in [7, 11) is -1.76. The number of hydrogen-bond acceptors (Lipinski definition) is 4. The molecule has 0 aromatic carbocycles. The van der Waals surface area contributed by atoms with Crippen LogP contribution in [0.1, 0.15) is 26.7 Å². The van der Waals surface area contributed by atoms with E-state index in [0.29, 0.717) is 6.42 Å². The number of sulfone groups is 1. The van der Waals surface area contributed by atoms with Gasteiger partial charge in [0.1, 0.15) is 0 Å². The summed E-state index contributed by atoms with van der Waals surface area (Å²) in [5.41, 5.74) is -0.490. The van der Waals surface area contributed by atoms with Gasteiger partial charge >= 0.3 is 5.97 Å². The van der Waals surface area contributed by atoms with Crippen LogP contribution in [0.2, 0.25) is 0 Å². The van der Waals surface area contributed by atoms with Crippen molar-refractivity contribution in [3.05, 3.63) is 0 Å². The van der Waals surface area contributed by atoms with E-state index in [1.807, 2.05) is 0 Å². The van der Waals surface area contributed by atoms with Crippen LogP contribution in [-0.4, -0.2) is 43.7 Å². The molecule has 0 radical (unpaired) electrons. The summed E-state index contributed by atoms with van der Waals surface area (Å²) in [6.45, 7) is 3.58. The van der Waals surface area contributed by atoms with Crippen LogP contribution >= 0.6 is 0 Å². The minimum atomic E-state index is -3.28. The molecule has 90 valence electrons. The number of carboxylic acids is 1. The molecule has 0 aliphatic heterocycles. The van der Waals surface area contributed by atoms with Crippen molar-refractivity contribution in [1.29, 1.82) is 0 Å². The number of carbonyl (C=O) groups is 1. The predicted molar refractivity (Wildman–Crippen MR) is 56.6 cm³/mol. The fraction of sp³-hybridized carbons (Fsp3) is 0.889. The van der Waals surface area contributed by atoms with E-state index in [1.54, 1.807) is 13.8 Å². The summed E-state index contributed by atoms with van der Waals surface area (Å²) in [6.07, 6.45) is 0.0290. The molecule has 0 aromatic heterocycles. The Morgan fingerprint density at radius 3 is 2.27 bits per heavy atom. The summed E-state index contributed by atoms with van der Waals surface area (Å²) >= 11 is 0. The number of rotatable bonds is 7. The van der Waals surface area contributed by atoms with Gasteiger partial charge in [0, 0.05) is 7.11 Å². The lowest BCUT2D eigenvalue weighted by Gasteiger charge is -2.22. The Labute approximate surface area is 90.4 Å². The van der Waals surface area contributed by atoms with Crippen molar-refractivity contribution in [2.45, 2.75) is 32.3 Å². The highest BCUT2D eigenvalue weighted by Crippen LogP contribution is 2.14. The molecule has 0 amide bonds. The molecule has 0 unspecified atom stereocenters. The Balaban J connectivity index is 4.11. The van der Waals surface area contributed by atoms with E-state index in [1.165, 1.54) is 7.11 Å². The normalized spacial score (nSPS) is 12.7. The number of methoxy groups -OCH3 is 1. The molecule has 0 heterocycles. The molecule has 0 bridgehead atoms. The third-order valence-electron chi connectivity index (χ3n) is 2.19. The van der Waals surface area contributed by atoms with E-state index in [4.69, 9.17) is 9.84 Å². The Morgan fingerprint density at radius 1 is 1.33 bits per heavy atom. The molecule has 0 aliphatic carbocycles. The molecule has 0 rings (SSSR count). The molecule has 0 saturated heterocycles. The topological polar surface area (TPSA) is 80.7 Å². The van der Waals surface area contributed by atoms with Crippen LogP contribution in [0, 0.1) is 0 Å². The molecular formula is C9H18O5S. The maximum atomic E-state index is 11.4. The summed E-state index contributed by atoms with van der Waals surface area (Å²) in [5.74, 6) is -1.44. The number of ether oxygens (including phenoxy) is 1. The SMILES string of the molecule is COC(C)(C)CCS(=O)(=O)CCC(=O)O. The first-order valence-corrected chi connectivity index (χ1v) is 6.48. The highest BCUT2D eigenvalue weighted by molar-refractivity contribution is 7.91. The predicted octanol–water partition coefficient (Wildman–Crippen LogP) is 0.691. The fourth-order valence-electron chi connectivity index (χ4n) is 0.848. The van der Waals surface area contributed by atoms with Gasteiger partial charge in [-0.3, -0.25) is 4.79 Å². The third kappa shape index (κ3) is 7.33. The first-order chi connectivity index (χ1) is 6.68. The second-order valence-electron chi connectivity index (χ2n) is 4.01. The van der Waals surface area contributed by atoms with Gasteiger partial charge in [0.25, 0.3) is 0 Å². The molecule has 6 heteroatoms. The standard InChI is InChI=1S/C9H18O5S/c1-9(2,14-3)5-7-15(12,13)6-4-8(10)11/h4-7H2,1-3H3,(H,10,11). The van der Waals surface area contributed by atoms with Gasteiger partial charge in [-0.1, -0.05) is 0 Å². The van der Waals surface area contributed by atoms with Gasteiger partial charge in [-0.15, -0.1) is 0 Å². The third-order valence-corrected chi connectivity index (χ3v) is 3.85. The molecule has 0 spiro atoms. The van der Waals surface area contributed by atoms with Gasteiger partial charge in [-0.05, 0) is 20.3 Å².